The molecule has 0 aromatic carbocycles. The molecule has 0 aromatic rings. The minimum atomic E-state index is -0.727. The number of nitrogens with two attached hydrogens (primary N) is 1. The smallest absolute Gasteiger partial charge is 0.312 e. The molecule has 0 aliphatic rings. The van der Waals surface area contributed by atoms with Crippen LogP contribution in [0.5, 0.6) is 0 Å². The van der Waals surface area contributed by atoms with E-state index in [1.165, 1.54) is 12.0 Å². The molecule has 7 nitrogen and oxygen atoms in total. The Balaban J connectivity index is 4.34. The summed E-state index contributed by atoms with van der Waals surface area (Å²) in [6.07, 6.45) is 0.764. The number of rotatable bonds is 7. The lowest BCUT2D eigenvalue weighted by Crippen LogP contribution is -2.51. The fourth-order valence-corrected chi connectivity index (χ4v) is 1.58. The minimum absolute atomic E-state index is 0.0666. The second kappa shape index (κ2) is 8.34. The monoisotopic (exact) mass is 273 g/mol. The number of hydrogen-bond donors (Lipinski definition) is 2. The van der Waals surface area contributed by atoms with Crippen molar-refractivity contribution in [3.8, 4) is 0 Å². The van der Waals surface area contributed by atoms with Gasteiger partial charge in [0.15, 0.2) is 0 Å². The molecule has 0 fully saturated rings. The SMILES string of the molecule is COC(=O)CCCN(C)C(=O)C(NC(N)=O)C(C)C. The van der Waals surface area contributed by atoms with E-state index in [4.69, 9.17) is 5.73 Å². The lowest BCUT2D eigenvalue weighted by atomic mass is 10.0. The van der Waals surface area contributed by atoms with Gasteiger partial charge < -0.3 is 20.7 Å². The summed E-state index contributed by atoms with van der Waals surface area (Å²) in [7, 11) is 2.94. The van der Waals surface area contributed by atoms with E-state index >= 15 is 0 Å². The van der Waals surface area contributed by atoms with Crippen molar-refractivity contribution < 1.29 is 19.1 Å². The Morgan fingerprint density at radius 3 is 2.32 bits per heavy atom. The summed E-state index contributed by atoms with van der Waals surface area (Å²) >= 11 is 0. The van der Waals surface area contributed by atoms with Gasteiger partial charge in [-0.2, -0.15) is 0 Å². The van der Waals surface area contributed by atoms with E-state index in [0.717, 1.165) is 0 Å². The number of esters is 1. The quantitative estimate of drug-likeness (QED) is 0.642. The Bertz CT molecular complexity index is 331. The molecule has 19 heavy (non-hydrogen) atoms. The first-order valence-corrected chi connectivity index (χ1v) is 6.17. The van der Waals surface area contributed by atoms with Crippen LogP contribution in [0.15, 0.2) is 0 Å². The summed E-state index contributed by atoms with van der Waals surface area (Å²) < 4.78 is 4.51. The Hall–Kier alpha value is -1.79. The van der Waals surface area contributed by atoms with Gasteiger partial charge in [0, 0.05) is 20.0 Å². The Kier molecular flexibility index (Phi) is 7.55. The van der Waals surface area contributed by atoms with Gasteiger partial charge in [-0.3, -0.25) is 9.59 Å². The number of likely N-dealkylation sites (N-methyl/N-ethyl adjacent to an activating group) is 1. The van der Waals surface area contributed by atoms with E-state index in [1.54, 1.807) is 7.05 Å². The molecule has 1 unspecified atom stereocenters. The predicted octanol–water partition coefficient (Wildman–Crippen LogP) is 0.0909. The number of primary amides is 1. The van der Waals surface area contributed by atoms with Crippen LogP contribution < -0.4 is 11.1 Å². The van der Waals surface area contributed by atoms with Gasteiger partial charge in [0.05, 0.1) is 7.11 Å². The molecule has 3 amide bonds. The van der Waals surface area contributed by atoms with Crippen LogP contribution in [0.2, 0.25) is 0 Å². The summed E-state index contributed by atoms with van der Waals surface area (Å²) in [5.74, 6) is -0.599. The van der Waals surface area contributed by atoms with Crippen LogP contribution >= 0.6 is 0 Å². The molecule has 0 rings (SSSR count). The third kappa shape index (κ3) is 6.64. The fourth-order valence-electron chi connectivity index (χ4n) is 1.58. The molecule has 3 N–H and O–H groups in total. The van der Waals surface area contributed by atoms with E-state index in [2.05, 4.69) is 10.1 Å². The van der Waals surface area contributed by atoms with Gasteiger partial charge >= 0.3 is 12.0 Å². The zero-order valence-corrected chi connectivity index (χ0v) is 11.9. The summed E-state index contributed by atoms with van der Waals surface area (Å²) in [6, 6.07) is -1.38. The summed E-state index contributed by atoms with van der Waals surface area (Å²) in [4.78, 5) is 35.4. The molecule has 0 saturated heterocycles. The van der Waals surface area contributed by atoms with Gasteiger partial charge in [-0.15, -0.1) is 0 Å². The zero-order chi connectivity index (χ0) is 15.0. The predicted molar refractivity (Wildman–Crippen MR) is 70.2 cm³/mol. The Labute approximate surface area is 113 Å². The van der Waals surface area contributed by atoms with Crippen LogP contribution in [0.25, 0.3) is 0 Å². The number of nitrogens with one attached hydrogen (secondary N) is 1. The van der Waals surface area contributed by atoms with Crippen molar-refractivity contribution in [3.63, 3.8) is 0 Å². The first kappa shape index (κ1) is 17.2. The third-order valence-electron chi connectivity index (χ3n) is 2.71. The highest BCUT2D eigenvalue weighted by molar-refractivity contribution is 5.86. The van der Waals surface area contributed by atoms with Gasteiger partial charge in [-0.25, -0.2) is 4.79 Å². The van der Waals surface area contributed by atoms with Crippen molar-refractivity contribution in [2.45, 2.75) is 32.7 Å². The summed E-state index contributed by atoms with van der Waals surface area (Å²) in [6.45, 7) is 4.05. The maximum atomic E-state index is 12.1. The average Bonchev–Trinajstić information content (AvgIpc) is 2.34. The summed E-state index contributed by atoms with van der Waals surface area (Å²) in [5.41, 5.74) is 5.04. The summed E-state index contributed by atoms with van der Waals surface area (Å²) in [5, 5.41) is 2.43. The van der Waals surface area contributed by atoms with Gasteiger partial charge in [-0.1, -0.05) is 13.8 Å². The lowest BCUT2D eigenvalue weighted by Gasteiger charge is -2.26. The highest BCUT2D eigenvalue weighted by Gasteiger charge is 2.26. The molecular weight excluding hydrogens is 250 g/mol. The molecule has 0 bridgehead atoms. The number of methoxy groups -OCH3 is 1. The van der Waals surface area contributed by atoms with Gasteiger partial charge in [0.1, 0.15) is 6.04 Å². The molecule has 1 atom stereocenters. The number of ether oxygens (including phenoxy) is 1. The van der Waals surface area contributed by atoms with Gasteiger partial charge in [0.2, 0.25) is 5.91 Å². The molecule has 110 valence electrons. The number of urea groups is 1. The molecule has 7 heteroatoms. The van der Waals surface area contributed by atoms with E-state index in [9.17, 15) is 14.4 Å². The Morgan fingerprint density at radius 1 is 1.32 bits per heavy atom. The van der Waals surface area contributed by atoms with Crippen molar-refractivity contribution in [1.29, 1.82) is 0 Å². The largest absolute Gasteiger partial charge is 0.469 e. The van der Waals surface area contributed by atoms with Crippen LogP contribution in [-0.4, -0.2) is 49.6 Å². The number of amides is 3. The normalized spacial score (nSPS) is 11.8. The fraction of sp³-hybridized carbons (Fsp3) is 0.750. The van der Waals surface area contributed by atoms with E-state index in [0.29, 0.717) is 13.0 Å². The second-order valence-corrected chi connectivity index (χ2v) is 4.67. The molecule has 0 aliphatic carbocycles. The van der Waals surface area contributed by atoms with Crippen LogP contribution in [0.4, 0.5) is 4.79 Å². The van der Waals surface area contributed by atoms with Crippen molar-refractivity contribution >= 4 is 17.9 Å². The topological polar surface area (TPSA) is 102 Å². The molecule has 0 spiro atoms. The van der Waals surface area contributed by atoms with Gasteiger partial charge in [-0.05, 0) is 12.3 Å². The molecule has 0 heterocycles. The van der Waals surface area contributed by atoms with Crippen LogP contribution in [0.3, 0.4) is 0 Å². The molecule has 0 radical (unpaired) electrons. The molecule has 0 aromatic heterocycles. The number of nitrogens with zero attached hydrogens (tertiary/aromatic N) is 1. The minimum Gasteiger partial charge on any atom is -0.469 e. The van der Waals surface area contributed by atoms with Crippen LogP contribution in [0.1, 0.15) is 26.7 Å². The molecule has 0 aliphatic heterocycles. The maximum absolute atomic E-state index is 12.1. The molecular formula is C12H23N3O4. The van der Waals surface area contributed by atoms with Crippen molar-refractivity contribution in [2.75, 3.05) is 20.7 Å². The van der Waals surface area contributed by atoms with E-state index in [1.807, 2.05) is 13.8 Å². The highest BCUT2D eigenvalue weighted by atomic mass is 16.5. The number of hydrogen-bond acceptors (Lipinski definition) is 4. The lowest BCUT2D eigenvalue weighted by molar-refractivity contribution is -0.141. The average molecular weight is 273 g/mol. The number of carbonyl (C=O) groups excluding carboxylic acids is 3. The van der Waals surface area contributed by atoms with E-state index < -0.39 is 12.1 Å². The maximum Gasteiger partial charge on any atom is 0.312 e. The second-order valence-electron chi connectivity index (χ2n) is 4.67. The van der Waals surface area contributed by atoms with Crippen molar-refractivity contribution in [1.82, 2.24) is 10.2 Å². The molecule has 0 saturated carbocycles. The highest BCUT2D eigenvalue weighted by Crippen LogP contribution is 2.06. The van der Waals surface area contributed by atoms with Crippen molar-refractivity contribution in [2.24, 2.45) is 11.7 Å². The third-order valence-corrected chi connectivity index (χ3v) is 2.71. The zero-order valence-electron chi connectivity index (χ0n) is 11.9. The van der Waals surface area contributed by atoms with E-state index in [-0.39, 0.29) is 24.2 Å². The van der Waals surface area contributed by atoms with Gasteiger partial charge in [0.25, 0.3) is 0 Å². The first-order valence-electron chi connectivity index (χ1n) is 6.17. The first-order chi connectivity index (χ1) is 8.79. The number of carbonyl (C=O) groups is 3. The standard InChI is InChI=1S/C12H23N3O4/c1-8(2)10(14-12(13)18)11(17)15(3)7-5-6-9(16)19-4/h8,10H,5-7H2,1-4H3,(H3,13,14,18). The Morgan fingerprint density at radius 2 is 1.89 bits per heavy atom. The van der Waals surface area contributed by atoms with Crippen LogP contribution in [0, 0.1) is 5.92 Å². The van der Waals surface area contributed by atoms with Crippen molar-refractivity contribution in [3.05, 3.63) is 0 Å². The van der Waals surface area contributed by atoms with Crippen LogP contribution in [-0.2, 0) is 14.3 Å².